The van der Waals surface area contributed by atoms with E-state index in [0.717, 1.165) is 5.56 Å². The monoisotopic (exact) mass is 344 g/mol. The standard InChI is InChI=1S/C18H14F2N2OS/c1-21-16(10-12-2-6-14(19)7-3-12)17(23)22(18(21)24)11-13-4-8-15(20)9-5-13/h2-10H,11H2,1H3/b16-10-. The Bertz CT molecular complexity index is 816. The van der Waals surface area contributed by atoms with Crippen LogP contribution in [0.4, 0.5) is 8.78 Å². The molecule has 6 heteroatoms. The van der Waals surface area contributed by atoms with Crippen LogP contribution in [0.3, 0.4) is 0 Å². The Kier molecular flexibility index (Phi) is 4.40. The van der Waals surface area contributed by atoms with E-state index in [1.54, 1.807) is 42.3 Å². The van der Waals surface area contributed by atoms with Crippen LogP contribution < -0.4 is 0 Å². The van der Waals surface area contributed by atoms with E-state index in [4.69, 9.17) is 12.2 Å². The highest BCUT2D eigenvalue weighted by atomic mass is 32.1. The number of thiocarbonyl (C=S) groups is 1. The molecule has 1 saturated heterocycles. The predicted molar refractivity (Wildman–Crippen MR) is 91.7 cm³/mol. The fraction of sp³-hybridized carbons (Fsp3) is 0.111. The molecule has 2 aromatic rings. The third-order valence-corrected chi connectivity index (χ3v) is 4.27. The maximum absolute atomic E-state index is 13.0. The van der Waals surface area contributed by atoms with Gasteiger partial charge in [-0.15, -0.1) is 0 Å². The number of hydrogen-bond acceptors (Lipinski definition) is 2. The minimum atomic E-state index is -0.336. The van der Waals surface area contributed by atoms with E-state index < -0.39 is 0 Å². The van der Waals surface area contributed by atoms with Gasteiger partial charge in [0, 0.05) is 7.05 Å². The highest BCUT2D eigenvalue weighted by Gasteiger charge is 2.35. The maximum atomic E-state index is 13.0. The summed E-state index contributed by atoms with van der Waals surface area (Å²) >= 11 is 5.34. The van der Waals surface area contributed by atoms with Crippen LogP contribution in [0, 0.1) is 11.6 Å². The first kappa shape index (κ1) is 16.3. The molecule has 0 saturated carbocycles. The summed E-state index contributed by atoms with van der Waals surface area (Å²) in [7, 11) is 1.71. The number of benzene rings is 2. The molecule has 0 atom stereocenters. The molecule has 2 aromatic carbocycles. The van der Waals surface area contributed by atoms with Gasteiger partial charge in [-0.3, -0.25) is 9.69 Å². The van der Waals surface area contributed by atoms with Crippen LogP contribution in [-0.4, -0.2) is 27.9 Å². The second kappa shape index (κ2) is 6.49. The van der Waals surface area contributed by atoms with Gasteiger partial charge in [0.25, 0.3) is 5.91 Å². The minimum Gasteiger partial charge on any atom is -0.317 e. The van der Waals surface area contributed by atoms with E-state index in [1.807, 2.05) is 0 Å². The lowest BCUT2D eigenvalue weighted by Crippen LogP contribution is -2.30. The Hall–Kier alpha value is -2.60. The van der Waals surface area contributed by atoms with Gasteiger partial charge in [0.2, 0.25) is 0 Å². The van der Waals surface area contributed by atoms with Crippen LogP contribution in [0.5, 0.6) is 0 Å². The zero-order valence-corrected chi connectivity index (χ0v) is 13.7. The second-order valence-corrected chi connectivity index (χ2v) is 5.81. The molecule has 0 unspecified atom stereocenters. The van der Waals surface area contributed by atoms with Gasteiger partial charge in [0.1, 0.15) is 17.3 Å². The fourth-order valence-corrected chi connectivity index (χ4v) is 2.69. The molecule has 1 amide bonds. The molecule has 1 aliphatic rings. The Morgan fingerprint density at radius 3 is 2.12 bits per heavy atom. The van der Waals surface area contributed by atoms with E-state index in [-0.39, 0.29) is 24.1 Å². The normalized spacial score (nSPS) is 16.4. The smallest absolute Gasteiger partial charge is 0.277 e. The summed E-state index contributed by atoms with van der Waals surface area (Å²) in [6.07, 6.45) is 1.67. The van der Waals surface area contributed by atoms with E-state index in [1.165, 1.54) is 29.2 Å². The van der Waals surface area contributed by atoms with Crippen molar-refractivity contribution in [1.82, 2.24) is 9.80 Å². The number of hydrogen-bond donors (Lipinski definition) is 0. The Balaban J connectivity index is 1.86. The zero-order valence-electron chi connectivity index (χ0n) is 12.9. The third kappa shape index (κ3) is 3.19. The van der Waals surface area contributed by atoms with Crippen LogP contribution in [0.25, 0.3) is 6.08 Å². The number of rotatable bonds is 3. The Morgan fingerprint density at radius 2 is 1.54 bits per heavy atom. The Labute approximate surface area is 143 Å². The summed E-state index contributed by atoms with van der Waals surface area (Å²) in [5.41, 5.74) is 1.90. The van der Waals surface area contributed by atoms with E-state index in [0.29, 0.717) is 16.4 Å². The molecular weight excluding hydrogens is 330 g/mol. The van der Waals surface area contributed by atoms with Crippen molar-refractivity contribution in [2.45, 2.75) is 6.54 Å². The summed E-state index contributed by atoms with van der Waals surface area (Å²) in [6.45, 7) is 0.267. The summed E-state index contributed by atoms with van der Waals surface area (Å²) in [4.78, 5) is 15.7. The number of carbonyl (C=O) groups excluding carboxylic acids is 1. The molecular formula is C18H14F2N2OS. The molecule has 0 aliphatic carbocycles. The Morgan fingerprint density at radius 1 is 1.00 bits per heavy atom. The lowest BCUT2D eigenvalue weighted by Gasteiger charge is -2.16. The van der Waals surface area contributed by atoms with Crippen LogP contribution in [0.2, 0.25) is 0 Å². The van der Waals surface area contributed by atoms with Crippen molar-refractivity contribution in [3.63, 3.8) is 0 Å². The lowest BCUT2D eigenvalue weighted by atomic mass is 10.1. The summed E-state index contributed by atoms with van der Waals surface area (Å²) in [5, 5.41) is 0.373. The van der Waals surface area contributed by atoms with Crippen molar-refractivity contribution in [2.75, 3.05) is 7.05 Å². The summed E-state index contributed by atoms with van der Waals surface area (Å²) < 4.78 is 26.0. The number of halogens is 2. The van der Waals surface area contributed by atoms with Gasteiger partial charge in [0.05, 0.1) is 6.54 Å². The average molecular weight is 344 g/mol. The molecule has 3 nitrogen and oxygen atoms in total. The van der Waals surface area contributed by atoms with Gasteiger partial charge >= 0.3 is 0 Å². The van der Waals surface area contributed by atoms with Crippen LogP contribution in [0.15, 0.2) is 54.2 Å². The van der Waals surface area contributed by atoms with Crippen LogP contribution in [0.1, 0.15) is 11.1 Å². The predicted octanol–water partition coefficient (Wildman–Crippen LogP) is 3.56. The SMILES string of the molecule is CN1C(=S)N(Cc2ccc(F)cc2)C(=O)/C1=C/c1ccc(F)cc1. The average Bonchev–Trinajstić information content (AvgIpc) is 2.76. The van der Waals surface area contributed by atoms with E-state index in [9.17, 15) is 13.6 Å². The van der Waals surface area contributed by atoms with Gasteiger partial charge in [-0.05, 0) is 53.7 Å². The fourth-order valence-electron chi connectivity index (χ4n) is 2.44. The van der Waals surface area contributed by atoms with Gasteiger partial charge in [0.15, 0.2) is 5.11 Å². The van der Waals surface area contributed by atoms with Gasteiger partial charge < -0.3 is 4.90 Å². The van der Waals surface area contributed by atoms with Crippen molar-refractivity contribution in [3.8, 4) is 0 Å². The number of amides is 1. The largest absolute Gasteiger partial charge is 0.317 e. The molecule has 0 bridgehead atoms. The summed E-state index contributed by atoms with van der Waals surface area (Å²) in [6, 6.07) is 11.8. The van der Waals surface area contributed by atoms with E-state index in [2.05, 4.69) is 0 Å². The van der Waals surface area contributed by atoms with Crippen molar-refractivity contribution in [1.29, 1.82) is 0 Å². The van der Waals surface area contributed by atoms with Crippen molar-refractivity contribution < 1.29 is 13.6 Å². The van der Waals surface area contributed by atoms with Gasteiger partial charge in [-0.1, -0.05) is 24.3 Å². The number of nitrogens with zero attached hydrogens (tertiary/aromatic N) is 2. The van der Waals surface area contributed by atoms with E-state index >= 15 is 0 Å². The highest BCUT2D eigenvalue weighted by molar-refractivity contribution is 7.80. The molecule has 1 fully saturated rings. The molecule has 24 heavy (non-hydrogen) atoms. The van der Waals surface area contributed by atoms with Crippen molar-refractivity contribution in [2.24, 2.45) is 0 Å². The van der Waals surface area contributed by atoms with Gasteiger partial charge in [-0.2, -0.15) is 0 Å². The van der Waals surface area contributed by atoms with Crippen LogP contribution >= 0.6 is 12.2 Å². The quantitative estimate of drug-likeness (QED) is 0.628. The topological polar surface area (TPSA) is 23.6 Å². The molecule has 0 radical (unpaired) electrons. The number of likely N-dealkylation sites (N-methyl/N-ethyl adjacent to an activating group) is 1. The molecule has 1 heterocycles. The molecule has 0 N–H and O–H groups in total. The first-order valence-corrected chi connectivity index (χ1v) is 7.68. The first-order chi connectivity index (χ1) is 11.5. The third-order valence-electron chi connectivity index (χ3n) is 3.77. The first-order valence-electron chi connectivity index (χ1n) is 7.27. The van der Waals surface area contributed by atoms with Crippen molar-refractivity contribution in [3.05, 3.63) is 77.0 Å². The highest BCUT2D eigenvalue weighted by Crippen LogP contribution is 2.24. The van der Waals surface area contributed by atoms with Crippen LogP contribution in [-0.2, 0) is 11.3 Å². The van der Waals surface area contributed by atoms with Crippen molar-refractivity contribution >= 4 is 29.3 Å². The lowest BCUT2D eigenvalue weighted by molar-refractivity contribution is -0.122. The molecule has 122 valence electrons. The summed E-state index contributed by atoms with van der Waals surface area (Å²) in [5.74, 6) is -0.907. The molecule has 0 aromatic heterocycles. The molecule has 3 rings (SSSR count). The second-order valence-electron chi connectivity index (χ2n) is 5.44. The van der Waals surface area contributed by atoms with Gasteiger partial charge in [-0.25, -0.2) is 8.78 Å². The molecule has 1 aliphatic heterocycles. The zero-order chi connectivity index (χ0) is 17.3. The molecule has 0 spiro atoms. The minimum absolute atomic E-state index is 0.240. The number of carbonyl (C=O) groups is 1. The maximum Gasteiger partial charge on any atom is 0.277 e.